The minimum atomic E-state index is 0.581. The topological polar surface area (TPSA) is 50.1 Å². The molecule has 0 spiro atoms. The van der Waals surface area contributed by atoms with Crippen molar-refractivity contribution in [1.82, 2.24) is 30.0 Å². The van der Waals surface area contributed by atoms with E-state index >= 15 is 0 Å². The summed E-state index contributed by atoms with van der Waals surface area (Å²) in [6, 6.07) is 11.8. The maximum atomic E-state index is 4.12. The lowest BCUT2D eigenvalue weighted by atomic mass is 9.93. The summed E-state index contributed by atoms with van der Waals surface area (Å²) in [5, 5.41) is 11.9. The Morgan fingerprint density at radius 2 is 1.71 bits per heavy atom. The molecule has 0 amide bonds. The largest absolute Gasteiger partial charge is 0.303 e. The molecule has 2 aliphatic heterocycles. The zero-order chi connectivity index (χ0) is 19.0. The van der Waals surface area contributed by atoms with Gasteiger partial charge in [0.15, 0.2) is 6.33 Å². The number of likely N-dealkylation sites (tertiary alicyclic amines) is 2. The van der Waals surface area contributed by atoms with E-state index in [0.717, 1.165) is 12.5 Å². The van der Waals surface area contributed by atoms with Gasteiger partial charge in [-0.2, -0.15) is 4.80 Å². The molecule has 6 heteroatoms. The number of rotatable bonds is 8. The molecule has 1 unspecified atom stereocenters. The van der Waals surface area contributed by atoms with E-state index in [0.29, 0.717) is 6.04 Å². The predicted molar refractivity (Wildman–Crippen MR) is 111 cm³/mol. The lowest BCUT2D eigenvalue weighted by Gasteiger charge is -2.37. The van der Waals surface area contributed by atoms with Gasteiger partial charge in [0.05, 0.1) is 6.54 Å². The van der Waals surface area contributed by atoms with Crippen LogP contribution in [-0.4, -0.2) is 62.7 Å². The van der Waals surface area contributed by atoms with Gasteiger partial charge in [0.25, 0.3) is 0 Å². The summed E-state index contributed by atoms with van der Waals surface area (Å²) in [6.45, 7) is 7.10. The highest BCUT2D eigenvalue weighted by molar-refractivity contribution is 5.19. The van der Waals surface area contributed by atoms with Gasteiger partial charge in [0.1, 0.15) is 0 Å². The molecule has 2 aliphatic rings. The molecule has 0 bridgehead atoms. The molecule has 1 aromatic heterocycles. The number of hydrogen-bond donors (Lipinski definition) is 0. The lowest BCUT2D eigenvalue weighted by Crippen LogP contribution is -2.38. The Balaban J connectivity index is 1.25. The molecule has 3 heterocycles. The number of benzene rings is 1. The van der Waals surface area contributed by atoms with Crippen molar-refractivity contribution in [2.24, 2.45) is 5.92 Å². The number of hydrogen-bond acceptors (Lipinski definition) is 5. The Morgan fingerprint density at radius 3 is 2.43 bits per heavy atom. The molecule has 2 saturated heterocycles. The quantitative estimate of drug-likeness (QED) is 0.700. The Morgan fingerprint density at radius 1 is 0.929 bits per heavy atom. The first-order valence-corrected chi connectivity index (χ1v) is 11.1. The molecule has 0 N–H and O–H groups in total. The number of piperidine rings is 2. The van der Waals surface area contributed by atoms with E-state index in [-0.39, 0.29) is 0 Å². The summed E-state index contributed by atoms with van der Waals surface area (Å²) in [6.07, 6.45) is 10.7. The third-order valence-electron chi connectivity index (χ3n) is 6.57. The van der Waals surface area contributed by atoms with Crippen LogP contribution in [0.25, 0.3) is 0 Å². The minimum Gasteiger partial charge on any atom is -0.303 e. The first-order valence-electron chi connectivity index (χ1n) is 11.1. The van der Waals surface area contributed by atoms with Gasteiger partial charge in [0.2, 0.25) is 0 Å². The molecule has 28 heavy (non-hydrogen) atoms. The van der Waals surface area contributed by atoms with Crippen LogP contribution < -0.4 is 0 Å². The molecule has 0 aliphatic carbocycles. The fourth-order valence-electron chi connectivity index (χ4n) is 4.86. The van der Waals surface area contributed by atoms with E-state index in [1.807, 2.05) is 0 Å². The summed E-state index contributed by atoms with van der Waals surface area (Å²) < 4.78 is 0. The highest BCUT2D eigenvalue weighted by atomic mass is 15.6. The molecule has 0 radical (unpaired) electrons. The summed E-state index contributed by atoms with van der Waals surface area (Å²) in [5.41, 5.74) is 1.50. The molecule has 2 fully saturated rings. The summed E-state index contributed by atoms with van der Waals surface area (Å²) in [5.74, 6) is 0.800. The Labute approximate surface area is 168 Å². The number of tetrazole rings is 1. The maximum absolute atomic E-state index is 4.12. The average molecular weight is 383 g/mol. The summed E-state index contributed by atoms with van der Waals surface area (Å²) >= 11 is 0. The Kier molecular flexibility index (Phi) is 7.06. The van der Waals surface area contributed by atoms with Gasteiger partial charge in [0, 0.05) is 6.04 Å². The van der Waals surface area contributed by atoms with Crippen molar-refractivity contribution in [3.8, 4) is 0 Å². The van der Waals surface area contributed by atoms with Gasteiger partial charge in [-0.15, -0.1) is 10.2 Å². The molecule has 4 rings (SSSR count). The van der Waals surface area contributed by atoms with Crippen molar-refractivity contribution in [1.29, 1.82) is 0 Å². The van der Waals surface area contributed by atoms with E-state index in [2.05, 4.69) is 55.5 Å². The smallest absolute Gasteiger partial charge is 0.162 e. The molecule has 6 nitrogen and oxygen atoms in total. The van der Waals surface area contributed by atoms with Gasteiger partial charge in [-0.25, -0.2) is 0 Å². The normalized spacial score (nSPS) is 21.0. The van der Waals surface area contributed by atoms with Crippen molar-refractivity contribution in [3.05, 3.63) is 42.2 Å². The zero-order valence-electron chi connectivity index (χ0n) is 17.0. The highest BCUT2D eigenvalue weighted by Gasteiger charge is 2.24. The molecule has 1 aromatic carbocycles. The second-order valence-corrected chi connectivity index (χ2v) is 8.42. The SMILES string of the molecule is c1ccc(C(CCN2CCC(CCn3ncnn3)CC2)N2CCCCC2)cc1. The van der Waals surface area contributed by atoms with Crippen molar-refractivity contribution >= 4 is 0 Å². The van der Waals surface area contributed by atoms with E-state index in [1.165, 1.54) is 89.6 Å². The lowest BCUT2D eigenvalue weighted by molar-refractivity contribution is 0.122. The van der Waals surface area contributed by atoms with Crippen LogP contribution in [0.3, 0.4) is 0 Å². The van der Waals surface area contributed by atoms with Gasteiger partial charge >= 0.3 is 0 Å². The van der Waals surface area contributed by atoms with Crippen molar-refractivity contribution in [2.75, 3.05) is 32.7 Å². The van der Waals surface area contributed by atoms with Gasteiger partial charge < -0.3 is 4.90 Å². The second kappa shape index (κ2) is 10.1. The third-order valence-corrected chi connectivity index (χ3v) is 6.57. The second-order valence-electron chi connectivity index (χ2n) is 8.42. The number of aryl methyl sites for hydroxylation is 1. The standard InChI is InChI=1S/C22H34N6/c1-3-7-21(8-4-1)22(27-13-5-2-6-14-27)12-17-26-15-9-20(10-16-26)11-18-28-24-19-23-25-28/h1,3-4,7-8,19-20,22H,2,5-6,9-18H2. The zero-order valence-corrected chi connectivity index (χ0v) is 17.0. The number of nitrogens with zero attached hydrogens (tertiary/aromatic N) is 6. The van der Waals surface area contributed by atoms with Crippen LogP contribution in [0, 0.1) is 5.92 Å². The molecule has 152 valence electrons. The predicted octanol–water partition coefficient (Wildman–Crippen LogP) is 3.39. The van der Waals surface area contributed by atoms with Gasteiger partial charge in [-0.1, -0.05) is 36.8 Å². The van der Waals surface area contributed by atoms with Crippen LogP contribution >= 0.6 is 0 Å². The fourth-order valence-corrected chi connectivity index (χ4v) is 4.86. The van der Waals surface area contributed by atoms with Crippen LogP contribution in [0.4, 0.5) is 0 Å². The van der Waals surface area contributed by atoms with E-state index in [9.17, 15) is 0 Å². The van der Waals surface area contributed by atoms with Crippen LogP contribution in [-0.2, 0) is 6.54 Å². The maximum Gasteiger partial charge on any atom is 0.162 e. The van der Waals surface area contributed by atoms with Crippen LogP contribution in [0.1, 0.15) is 56.6 Å². The van der Waals surface area contributed by atoms with Crippen LogP contribution in [0.2, 0.25) is 0 Å². The summed E-state index contributed by atoms with van der Waals surface area (Å²) in [4.78, 5) is 7.14. The molecule has 1 atom stereocenters. The van der Waals surface area contributed by atoms with E-state index in [4.69, 9.17) is 0 Å². The first kappa shape index (κ1) is 19.5. The van der Waals surface area contributed by atoms with Crippen LogP contribution in [0.15, 0.2) is 36.7 Å². The van der Waals surface area contributed by atoms with E-state index in [1.54, 1.807) is 4.80 Å². The molecular weight excluding hydrogens is 348 g/mol. The van der Waals surface area contributed by atoms with Gasteiger partial charge in [-0.05, 0) is 87.9 Å². The first-order chi connectivity index (χ1) is 13.9. The van der Waals surface area contributed by atoms with Crippen LogP contribution in [0.5, 0.6) is 0 Å². The minimum absolute atomic E-state index is 0.581. The van der Waals surface area contributed by atoms with E-state index < -0.39 is 0 Å². The molecule has 2 aromatic rings. The van der Waals surface area contributed by atoms with Crippen molar-refractivity contribution < 1.29 is 0 Å². The third kappa shape index (κ3) is 5.39. The van der Waals surface area contributed by atoms with Gasteiger partial charge in [-0.3, -0.25) is 4.90 Å². The molecular formula is C22H34N6. The Bertz CT molecular complexity index is 660. The van der Waals surface area contributed by atoms with Crippen molar-refractivity contribution in [2.45, 2.75) is 57.5 Å². The summed E-state index contributed by atoms with van der Waals surface area (Å²) in [7, 11) is 0. The average Bonchev–Trinajstić information content (AvgIpc) is 3.29. The highest BCUT2D eigenvalue weighted by Crippen LogP contribution is 2.29. The monoisotopic (exact) mass is 382 g/mol. The fraction of sp³-hybridized carbons (Fsp3) is 0.682. The Hall–Kier alpha value is -1.79. The number of aromatic nitrogens is 4. The molecule has 0 saturated carbocycles. The van der Waals surface area contributed by atoms with Crippen molar-refractivity contribution in [3.63, 3.8) is 0 Å².